The highest BCUT2D eigenvalue weighted by Gasteiger charge is 2.18. The number of para-hydroxylation sites is 2. The Bertz CT molecular complexity index is 1010. The van der Waals surface area contributed by atoms with Gasteiger partial charge in [-0.1, -0.05) is 12.1 Å². The Kier molecular flexibility index (Phi) is 5.34. The molecule has 28 heavy (non-hydrogen) atoms. The lowest BCUT2D eigenvalue weighted by atomic mass is 10.2. The Morgan fingerprint density at radius 2 is 1.96 bits per heavy atom. The predicted molar refractivity (Wildman–Crippen MR) is 102 cm³/mol. The molecule has 0 aliphatic carbocycles. The van der Waals surface area contributed by atoms with Gasteiger partial charge in [-0.05, 0) is 36.0 Å². The summed E-state index contributed by atoms with van der Waals surface area (Å²) in [5.41, 5.74) is 1.73. The van der Waals surface area contributed by atoms with Gasteiger partial charge in [-0.25, -0.2) is 4.98 Å². The highest BCUT2D eigenvalue weighted by atomic mass is 32.2. The van der Waals surface area contributed by atoms with Gasteiger partial charge in [-0.2, -0.15) is 8.78 Å². The van der Waals surface area contributed by atoms with Crippen molar-refractivity contribution in [1.82, 2.24) is 9.55 Å². The van der Waals surface area contributed by atoms with Gasteiger partial charge in [-0.3, -0.25) is 4.79 Å². The van der Waals surface area contributed by atoms with E-state index in [1.807, 2.05) is 0 Å². The van der Waals surface area contributed by atoms with Crippen molar-refractivity contribution >= 4 is 34.4 Å². The first kappa shape index (κ1) is 18.5. The number of ether oxygens (including phenoxy) is 2. The largest absolute Gasteiger partial charge is 0.490 e. The number of amides is 1. The Morgan fingerprint density at radius 1 is 1.18 bits per heavy atom. The molecule has 1 N–H and O–H groups in total. The van der Waals surface area contributed by atoms with Gasteiger partial charge in [0.2, 0.25) is 5.91 Å². The number of rotatable bonds is 5. The van der Waals surface area contributed by atoms with Gasteiger partial charge in [0.25, 0.3) is 5.76 Å². The summed E-state index contributed by atoms with van der Waals surface area (Å²) in [5, 5.41) is 2.88. The van der Waals surface area contributed by atoms with Crippen LogP contribution < -0.4 is 14.8 Å². The molecular formula is C19H17F2N3O3S. The number of hydrogen-bond acceptors (Lipinski definition) is 5. The number of aromatic nitrogens is 2. The Hall–Kier alpha value is -2.81. The predicted octanol–water partition coefficient (Wildman–Crippen LogP) is 4.15. The smallest absolute Gasteiger partial charge is 0.291 e. The van der Waals surface area contributed by atoms with Gasteiger partial charge in [0.1, 0.15) is 6.54 Å². The number of imidazole rings is 1. The van der Waals surface area contributed by atoms with Crippen molar-refractivity contribution in [1.29, 1.82) is 0 Å². The second-order valence-corrected chi connectivity index (χ2v) is 7.07. The third kappa shape index (κ3) is 4.04. The molecule has 1 aromatic heterocycles. The molecule has 1 aliphatic rings. The van der Waals surface area contributed by atoms with Crippen LogP contribution in [-0.4, -0.2) is 34.4 Å². The number of hydrogen-bond donors (Lipinski definition) is 1. The summed E-state index contributed by atoms with van der Waals surface area (Å²) in [6, 6.07) is 12.2. The molecule has 0 fully saturated rings. The molecule has 6 nitrogen and oxygen atoms in total. The first-order valence-electron chi connectivity index (χ1n) is 8.70. The van der Waals surface area contributed by atoms with Crippen LogP contribution in [0.15, 0.2) is 47.6 Å². The van der Waals surface area contributed by atoms with Crippen LogP contribution in [0.4, 0.5) is 14.5 Å². The van der Waals surface area contributed by atoms with Crippen molar-refractivity contribution < 1.29 is 23.0 Å². The minimum absolute atomic E-state index is 0.102. The summed E-state index contributed by atoms with van der Waals surface area (Å²) in [7, 11) is 0. The number of carbonyl (C=O) groups excluding carboxylic acids is 1. The molecule has 1 aliphatic heterocycles. The van der Waals surface area contributed by atoms with Gasteiger partial charge in [0, 0.05) is 18.2 Å². The molecule has 0 radical (unpaired) electrons. The number of fused-ring (bicyclic) bond motifs is 2. The van der Waals surface area contributed by atoms with E-state index in [1.165, 1.54) is 4.57 Å². The minimum atomic E-state index is -2.62. The molecule has 3 aromatic rings. The molecule has 0 atom stereocenters. The van der Waals surface area contributed by atoms with Crippen molar-refractivity contribution in [3.63, 3.8) is 0 Å². The number of nitrogens with zero attached hydrogens (tertiary/aromatic N) is 2. The fourth-order valence-electron chi connectivity index (χ4n) is 2.96. The van der Waals surface area contributed by atoms with Crippen LogP contribution in [0.2, 0.25) is 0 Å². The van der Waals surface area contributed by atoms with E-state index >= 15 is 0 Å². The summed E-state index contributed by atoms with van der Waals surface area (Å²) in [4.78, 5) is 16.8. The molecule has 1 amide bonds. The van der Waals surface area contributed by atoms with Crippen LogP contribution in [0.25, 0.3) is 11.0 Å². The highest BCUT2D eigenvalue weighted by Crippen LogP contribution is 2.32. The van der Waals surface area contributed by atoms with Crippen molar-refractivity contribution in [3.05, 3.63) is 42.5 Å². The molecule has 2 heterocycles. The Morgan fingerprint density at radius 3 is 2.79 bits per heavy atom. The highest BCUT2D eigenvalue weighted by molar-refractivity contribution is 7.99. The van der Waals surface area contributed by atoms with Crippen LogP contribution >= 0.6 is 11.8 Å². The van der Waals surface area contributed by atoms with E-state index in [9.17, 15) is 13.6 Å². The zero-order valence-corrected chi connectivity index (χ0v) is 15.5. The fraction of sp³-hybridized carbons (Fsp3) is 0.263. The third-order valence-electron chi connectivity index (χ3n) is 4.15. The summed E-state index contributed by atoms with van der Waals surface area (Å²) in [6.07, 6.45) is 0.786. The fourth-order valence-corrected chi connectivity index (χ4v) is 3.56. The lowest BCUT2D eigenvalue weighted by Crippen LogP contribution is -2.19. The molecule has 2 aromatic carbocycles. The zero-order chi connectivity index (χ0) is 19.5. The molecule has 0 saturated carbocycles. The summed E-state index contributed by atoms with van der Waals surface area (Å²) in [5.74, 6) is -1.78. The van der Waals surface area contributed by atoms with E-state index in [0.717, 1.165) is 6.42 Å². The van der Waals surface area contributed by atoms with Crippen molar-refractivity contribution in [2.75, 3.05) is 18.5 Å². The third-order valence-corrected chi connectivity index (χ3v) is 4.85. The van der Waals surface area contributed by atoms with E-state index in [1.54, 1.807) is 42.5 Å². The van der Waals surface area contributed by atoms with Gasteiger partial charge in [0.05, 0.1) is 24.2 Å². The number of carbonyl (C=O) groups is 1. The van der Waals surface area contributed by atoms with Crippen molar-refractivity contribution in [3.8, 4) is 11.5 Å². The van der Waals surface area contributed by atoms with Crippen molar-refractivity contribution in [2.45, 2.75) is 23.9 Å². The van der Waals surface area contributed by atoms with Crippen molar-refractivity contribution in [2.24, 2.45) is 0 Å². The molecule has 0 spiro atoms. The Balaban J connectivity index is 1.55. The monoisotopic (exact) mass is 405 g/mol. The second kappa shape index (κ2) is 8.05. The van der Waals surface area contributed by atoms with E-state index in [-0.39, 0.29) is 17.6 Å². The van der Waals surface area contributed by atoms with Crippen LogP contribution in [-0.2, 0) is 11.3 Å². The number of benzene rings is 2. The standard InChI is InChI=1S/C19H17F2N3O3S/c20-18(21)28-19-23-13-4-1-2-5-14(13)24(19)11-17(25)22-12-6-7-15-16(10-12)27-9-3-8-26-15/h1-2,4-7,10,18H,3,8-9,11H2,(H,22,25). The quantitative estimate of drug-likeness (QED) is 0.646. The molecule has 4 rings (SSSR count). The van der Waals surface area contributed by atoms with Crippen LogP contribution in [0, 0.1) is 0 Å². The number of nitrogens with one attached hydrogen (secondary N) is 1. The number of anilines is 1. The summed E-state index contributed by atoms with van der Waals surface area (Å²) < 4.78 is 38.5. The maximum absolute atomic E-state index is 12.9. The minimum Gasteiger partial charge on any atom is -0.490 e. The number of thioether (sulfide) groups is 1. The number of alkyl halides is 2. The average molecular weight is 405 g/mol. The molecule has 0 saturated heterocycles. The zero-order valence-electron chi connectivity index (χ0n) is 14.7. The maximum Gasteiger partial charge on any atom is 0.291 e. The SMILES string of the molecule is O=C(Cn1c(SC(F)F)nc2ccccc21)Nc1ccc2c(c1)OCCCO2. The van der Waals surface area contributed by atoms with Gasteiger partial charge in [0.15, 0.2) is 16.7 Å². The van der Waals surface area contributed by atoms with Gasteiger partial charge in [-0.15, -0.1) is 0 Å². The Labute approximate surface area is 163 Å². The molecule has 146 valence electrons. The summed E-state index contributed by atoms with van der Waals surface area (Å²) in [6.45, 7) is 0.987. The molecule has 9 heteroatoms. The van der Waals surface area contributed by atoms with Gasteiger partial charge >= 0.3 is 0 Å². The van der Waals surface area contributed by atoms with Crippen LogP contribution in [0.1, 0.15) is 6.42 Å². The first-order valence-corrected chi connectivity index (χ1v) is 9.58. The maximum atomic E-state index is 12.9. The molecular weight excluding hydrogens is 388 g/mol. The van der Waals surface area contributed by atoms with Crippen LogP contribution in [0.5, 0.6) is 11.5 Å². The second-order valence-electron chi connectivity index (χ2n) is 6.11. The molecule has 0 unspecified atom stereocenters. The van der Waals surface area contributed by atoms with E-state index in [4.69, 9.17) is 9.47 Å². The van der Waals surface area contributed by atoms with E-state index < -0.39 is 5.76 Å². The van der Waals surface area contributed by atoms with Gasteiger partial charge < -0.3 is 19.4 Å². The number of halogens is 2. The lowest BCUT2D eigenvalue weighted by molar-refractivity contribution is -0.116. The van der Waals surface area contributed by atoms with E-state index in [2.05, 4.69) is 10.3 Å². The lowest BCUT2D eigenvalue weighted by Gasteiger charge is -2.12. The normalized spacial score (nSPS) is 13.5. The molecule has 0 bridgehead atoms. The topological polar surface area (TPSA) is 65.4 Å². The average Bonchev–Trinajstić information content (AvgIpc) is 2.84. The first-order chi connectivity index (χ1) is 13.6. The summed E-state index contributed by atoms with van der Waals surface area (Å²) >= 11 is 0.322. The van der Waals surface area contributed by atoms with Crippen LogP contribution in [0.3, 0.4) is 0 Å². The van der Waals surface area contributed by atoms with E-state index in [0.29, 0.717) is 53.2 Å².